The van der Waals surface area contributed by atoms with Gasteiger partial charge in [0, 0.05) is 19.6 Å². The Morgan fingerprint density at radius 2 is 1.89 bits per heavy atom. The van der Waals surface area contributed by atoms with Gasteiger partial charge >= 0.3 is 0 Å². The molecule has 208 valence electrons. The highest BCUT2D eigenvalue weighted by Gasteiger charge is 2.29. The fraction of sp³-hybridized carbons (Fsp3) is 0.556. The van der Waals surface area contributed by atoms with E-state index in [1.807, 2.05) is 52.3 Å². The first-order chi connectivity index (χ1) is 18.0. The molecule has 1 aromatic carbocycles. The Labute approximate surface area is 230 Å². The number of thioether (sulfide) groups is 1. The molecule has 1 fully saturated rings. The molecular weight excluding hydrogens is 508 g/mol. The molecule has 2 atom stereocenters. The maximum absolute atomic E-state index is 12.0. The average Bonchev–Trinajstić information content (AvgIpc) is 3.57. The molecular formula is C27H44N4O4S2. The number of thiazole rings is 1. The van der Waals surface area contributed by atoms with E-state index in [9.17, 15) is 19.5 Å². The van der Waals surface area contributed by atoms with Gasteiger partial charge in [0.1, 0.15) is 0 Å². The molecule has 2 unspecified atom stereocenters. The summed E-state index contributed by atoms with van der Waals surface area (Å²) in [6, 6.07) is 8.15. The number of carbonyl (C=O) groups is 3. The van der Waals surface area contributed by atoms with Gasteiger partial charge in [-0.3, -0.25) is 14.4 Å². The molecule has 0 aliphatic carbocycles. The number of benzene rings is 1. The number of aliphatic hydroxyl groups is 1. The van der Waals surface area contributed by atoms with E-state index in [2.05, 4.69) is 34.7 Å². The summed E-state index contributed by atoms with van der Waals surface area (Å²) in [6.07, 6.45) is 3.57. The summed E-state index contributed by atoms with van der Waals surface area (Å²) in [7, 11) is 0. The van der Waals surface area contributed by atoms with Crippen LogP contribution in [0.2, 0.25) is 0 Å². The van der Waals surface area contributed by atoms with Crippen molar-refractivity contribution < 1.29 is 19.5 Å². The van der Waals surface area contributed by atoms with Crippen LogP contribution in [-0.4, -0.2) is 64.0 Å². The van der Waals surface area contributed by atoms with E-state index in [-0.39, 0.29) is 5.91 Å². The number of unbranched alkanes of at least 4 members (excludes halogenated alkanes) is 1. The Balaban J connectivity index is 0.000000618. The monoisotopic (exact) mass is 552 g/mol. The van der Waals surface area contributed by atoms with Crippen molar-refractivity contribution in [1.82, 2.24) is 20.5 Å². The third-order valence-electron chi connectivity index (χ3n) is 5.05. The summed E-state index contributed by atoms with van der Waals surface area (Å²) < 4.78 is 0. The molecule has 1 saturated heterocycles. The maximum Gasteiger partial charge on any atom is 0.255 e. The summed E-state index contributed by atoms with van der Waals surface area (Å²) in [5.74, 6) is 0.749. The summed E-state index contributed by atoms with van der Waals surface area (Å²) >= 11 is 3.10. The number of likely N-dealkylation sites (tertiary alicyclic amines) is 1. The van der Waals surface area contributed by atoms with Gasteiger partial charge in [0.05, 0.1) is 22.2 Å². The maximum atomic E-state index is 12.0. The third-order valence-corrected chi connectivity index (χ3v) is 7.23. The number of rotatable bonds is 11. The van der Waals surface area contributed by atoms with Gasteiger partial charge in [-0.2, -0.15) is 0 Å². The lowest BCUT2D eigenvalue weighted by molar-refractivity contribution is -0.131. The van der Waals surface area contributed by atoms with Crippen LogP contribution in [0.25, 0.3) is 10.4 Å². The molecule has 2 heterocycles. The fourth-order valence-corrected chi connectivity index (χ4v) is 5.16. The number of hydrogen-bond acceptors (Lipinski definition) is 7. The van der Waals surface area contributed by atoms with Gasteiger partial charge in [0.15, 0.2) is 5.37 Å². The fourth-order valence-electron chi connectivity index (χ4n) is 3.22. The first-order valence-electron chi connectivity index (χ1n) is 12.9. The first-order valence-corrected chi connectivity index (χ1v) is 14.9. The van der Waals surface area contributed by atoms with Crippen LogP contribution in [0.1, 0.15) is 65.1 Å². The lowest BCUT2D eigenvalue weighted by atomic mass is 10.1. The molecule has 0 saturated carbocycles. The molecule has 1 aliphatic heterocycles. The van der Waals surface area contributed by atoms with Crippen LogP contribution >= 0.6 is 23.1 Å². The lowest BCUT2D eigenvalue weighted by Gasteiger charge is -2.22. The van der Waals surface area contributed by atoms with Crippen LogP contribution in [-0.2, 0) is 20.9 Å². The number of aryl methyl sites for hydroxylation is 1. The Hall–Kier alpha value is -2.43. The topological polar surface area (TPSA) is 112 Å². The van der Waals surface area contributed by atoms with E-state index in [4.69, 9.17) is 0 Å². The molecule has 10 heteroatoms. The molecule has 0 radical (unpaired) electrons. The Bertz CT molecular complexity index is 878. The van der Waals surface area contributed by atoms with Gasteiger partial charge in [-0.05, 0) is 36.6 Å². The lowest BCUT2D eigenvalue weighted by Crippen LogP contribution is -2.43. The number of aliphatic hydroxyl groups excluding tert-OH is 1. The summed E-state index contributed by atoms with van der Waals surface area (Å²) in [4.78, 5) is 39.7. The number of β-amino-alcohol motifs (C(OH)–C–C–N with tert-alkyl or cyclic N) is 1. The van der Waals surface area contributed by atoms with Gasteiger partial charge in [-0.25, -0.2) is 4.98 Å². The Morgan fingerprint density at radius 1 is 1.22 bits per heavy atom. The van der Waals surface area contributed by atoms with Crippen LogP contribution < -0.4 is 10.6 Å². The Morgan fingerprint density at radius 3 is 2.38 bits per heavy atom. The number of nitrogens with zero attached hydrogens (tertiary/aromatic N) is 2. The van der Waals surface area contributed by atoms with Crippen molar-refractivity contribution in [2.75, 3.05) is 18.8 Å². The van der Waals surface area contributed by atoms with Gasteiger partial charge in [0.2, 0.25) is 12.8 Å². The van der Waals surface area contributed by atoms with Crippen molar-refractivity contribution in [2.45, 2.75) is 78.8 Å². The van der Waals surface area contributed by atoms with Crippen molar-refractivity contribution in [3.63, 3.8) is 0 Å². The second-order valence-electron chi connectivity index (χ2n) is 7.58. The predicted molar refractivity (Wildman–Crippen MR) is 155 cm³/mol. The third kappa shape index (κ3) is 13.1. The molecule has 1 aromatic heterocycles. The van der Waals surface area contributed by atoms with Gasteiger partial charge < -0.3 is 20.6 Å². The molecule has 3 rings (SSSR count). The second-order valence-corrected chi connectivity index (χ2v) is 9.65. The number of aromatic nitrogens is 1. The van der Waals surface area contributed by atoms with Crippen molar-refractivity contribution in [2.24, 2.45) is 0 Å². The minimum atomic E-state index is -0.510. The molecule has 37 heavy (non-hydrogen) atoms. The van der Waals surface area contributed by atoms with Gasteiger partial charge in [-0.1, -0.05) is 65.3 Å². The van der Waals surface area contributed by atoms with Crippen LogP contribution in [0, 0.1) is 6.92 Å². The standard InChI is InChI=1S/C12H12N2OS.C11H20N2O3S.2C2H6/c1-9-12(16-8-14-9)11-4-2-10(3-5-11)6-13-7-15;1-2-3-6-17-10(12-8-14)11(16)13-5-4-9(15)7-13;2*1-2/h2-5,7-8H,6H2,1H3,(H,13,15);8-10,15H,2-7H2,1H3,(H,12,14);2*1-2H3. The number of nitrogens with one attached hydrogen (secondary N) is 2. The van der Waals surface area contributed by atoms with Gasteiger partial charge in [-0.15, -0.1) is 23.1 Å². The van der Waals surface area contributed by atoms with Crippen molar-refractivity contribution >= 4 is 41.8 Å². The highest BCUT2D eigenvalue weighted by molar-refractivity contribution is 8.00. The average molecular weight is 553 g/mol. The smallest absolute Gasteiger partial charge is 0.255 e. The van der Waals surface area contributed by atoms with E-state index in [1.165, 1.54) is 22.2 Å². The number of carbonyl (C=O) groups excluding carboxylic acids is 3. The van der Waals surface area contributed by atoms with Crippen molar-refractivity contribution in [3.05, 3.63) is 41.0 Å². The van der Waals surface area contributed by atoms with Crippen LogP contribution in [0.3, 0.4) is 0 Å². The van der Waals surface area contributed by atoms with E-state index >= 15 is 0 Å². The quantitative estimate of drug-likeness (QED) is 0.213. The molecule has 0 spiro atoms. The summed E-state index contributed by atoms with van der Waals surface area (Å²) in [5, 5.41) is 14.1. The Kier molecular flexibility index (Phi) is 20.2. The van der Waals surface area contributed by atoms with Gasteiger partial charge in [0.25, 0.3) is 5.91 Å². The number of hydrogen-bond donors (Lipinski definition) is 3. The van der Waals surface area contributed by atoms with Crippen LogP contribution in [0.5, 0.6) is 0 Å². The first kappa shape index (κ1) is 34.6. The predicted octanol–water partition coefficient (Wildman–Crippen LogP) is 4.60. The minimum Gasteiger partial charge on any atom is -0.391 e. The minimum absolute atomic E-state index is 0.102. The normalized spacial score (nSPS) is 14.5. The summed E-state index contributed by atoms with van der Waals surface area (Å²) in [5.41, 5.74) is 5.18. The zero-order chi connectivity index (χ0) is 28.1. The molecule has 3 N–H and O–H groups in total. The van der Waals surface area contributed by atoms with Crippen LogP contribution in [0.4, 0.5) is 0 Å². The zero-order valence-corrected chi connectivity index (χ0v) is 24.7. The van der Waals surface area contributed by atoms with E-state index < -0.39 is 11.5 Å². The van der Waals surface area contributed by atoms with E-state index in [1.54, 1.807) is 16.2 Å². The zero-order valence-electron chi connectivity index (χ0n) is 23.0. The van der Waals surface area contributed by atoms with E-state index in [0.717, 1.165) is 29.9 Å². The number of amides is 3. The largest absolute Gasteiger partial charge is 0.391 e. The molecule has 8 nitrogen and oxygen atoms in total. The highest BCUT2D eigenvalue weighted by atomic mass is 32.2. The van der Waals surface area contributed by atoms with E-state index in [0.29, 0.717) is 38.9 Å². The highest BCUT2D eigenvalue weighted by Crippen LogP contribution is 2.27. The van der Waals surface area contributed by atoms with Crippen molar-refractivity contribution in [1.29, 1.82) is 0 Å². The molecule has 2 aromatic rings. The molecule has 0 bridgehead atoms. The SMILES string of the molecule is CC.CC.CCCCSC(NC=O)C(=O)N1CCC(O)C1.Cc1ncsc1-c1ccc(CNC=O)cc1. The molecule has 3 amide bonds. The summed E-state index contributed by atoms with van der Waals surface area (Å²) in [6.45, 7) is 13.6. The molecule has 1 aliphatic rings. The van der Waals surface area contributed by atoms with Crippen molar-refractivity contribution in [3.8, 4) is 10.4 Å². The van der Waals surface area contributed by atoms with Crippen LogP contribution in [0.15, 0.2) is 29.8 Å². The second kappa shape index (κ2) is 21.6.